The molecule has 0 fully saturated rings. The molecule has 30 heavy (non-hydrogen) atoms. The van der Waals surface area contributed by atoms with E-state index in [0.717, 1.165) is 0 Å². The zero-order chi connectivity index (χ0) is 21.7. The zero-order valence-electron chi connectivity index (χ0n) is 16.2. The first-order valence-electron chi connectivity index (χ1n) is 8.88. The van der Waals surface area contributed by atoms with Gasteiger partial charge in [0.05, 0.1) is 30.3 Å². The highest BCUT2D eigenvalue weighted by Crippen LogP contribution is 2.35. The summed E-state index contributed by atoms with van der Waals surface area (Å²) in [4.78, 5) is 18.7. The number of nitriles is 1. The molecule has 0 atom stereocenters. The van der Waals surface area contributed by atoms with Crippen molar-refractivity contribution in [3.05, 3.63) is 52.0 Å². The van der Waals surface area contributed by atoms with Crippen LogP contribution in [-0.4, -0.2) is 36.3 Å². The number of benzene rings is 2. The Morgan fingerprint density at radius 1 is 1.30 bits per heavy atom. The van der Waals surface area contributed by atoms with Crippen LogP contribution in [0.1, 0.15) is 18.3 Å². The van der Waals surface area contributed by atoms with Crippen LogP contribution < -0.4 is 9.47 Å². The molecule has 0 aliphatic carbocycles. The molecule has 1 heterocycles. The summed E-state index contributed by atoms with van der Waals surface area (Å²) < 4.78 is 29.7. The van der Waals surface area contributed by atoms with Crippen LogP contribution in [0.4, 0.5) is 4.39 Å². The number of fused-ring (bicyclic) bond motifs is 1. The summed E-state index contributed by atoms with van der Waals surface area (Å²) in [6.07, 6.45) is 1.62. The minimum Gasteiger partial charge on any atom is -0.490 e. The van der Waals surface area contributed by atoms with E-state index in [1.807, 2.05) is 6.92 Å². The highest BCUT2D eigenvalue weighted by molar-refractivity contribution is 9.10. The van der Waals surface area contributed by atoms with E-state index in [4.69, 9.17) is 9.47 Å². The molecule has 0 amide bonds. The number of nitrogens with zero attached hydrogens (tertiary/aromatic N) is 2. The van der Waals surface area contributed by atoms with Crippen LogP contribution in [0, 0.1) is 17.1 Å². The van der Waals surface area contributed by atoms with Gasteiger partial charge in [-0.25, -0.2) is 14.2 Å². The molecule has 9 heteroatoms. The molecule has 0 aliphatic rings. The molecule has 0 bridgehead atoms. The van der Waals surface area contributed by atoms with E-state index in [9.17, 15) is 14.4 Å². The number of methoxy groups -OCH3 is 1. The molecular weight excluding hydrogens is 457 g/mol. The van der Waals surface area contributed by atoms with E-state index in [1.54, 1.807) is 18.2 Å². The largest absolute Gasteiger partial charge is 0.490 e. The number of esters is 1. The highest BCUT2D eigenvalue weighted by Gasteiger charge is 2.14. The molecule has 7 nitrogen and oxygen atoms in total. The minimum atomic E-state index is -0.523. The molecule has 0 spiro atoms. The maximum Gasteiger partial charge on any atom is 0.343 e. The molecule has 3 rings (SSSR count). The molecule has 0 radical (unpaired) electrons. The molecule has 3 aromatic rings. The fourth-order valence-electron chi connectivity index (χ4n) is 2.66. The lowest BCUT2D eigenvalue weighted by Gasteiger charge is -2.13. The predicted molar refractivity (Wildman–Crippen MR) is 112 cm³/mol. The smallest absolute Gasteiger partial charge is 0.343 e. The Hall–Kier alpha value is -3.38. The van der Waals surface area contributed by atoms with Gasteiger partial charge >= 0.3 is 5.97 Å². The lowest BCUT2D eigenvalue weighted by Crippen LogP contribution is -2.13. The van der Waals surface area contributed by atoms with Crippen LogP contribution in [0.2, 0.25) is 0 Å². The molecule has 0 saturated carbocycles. The number of imidazole rings is 1. The Balaban J connectivity index is 1.99. The second-order valence-corrected chi connectivity index (χ2v) is 6.89. The van der Waals surface area contributed by atoms with Crippen molar-refractivity contribution in [1.82, 2.24) is 9.97 Å². The number of carbonyl (C=O) groups is 1. The maximum atomic E-state index is 13.4. The standard InChI is InChI=1S/C21H17BrFN3O4/c1-3-29-18-7-12(15(22)9-19(18)30-11-20(27)28-2)6-13(10-24)21-25-16-5-4-14(23)8-17(16)26-21/h4-9H,3,11H2,1-2H3,(H,25,26)/b13-6-. The quantitative estimate of drug-likeness (QED) is 0.401. The average Bonchev–Trinajstić information content (AvgIpc) is 3.15. The van der Waals surface area contributed by atoms with Crippen molar-refractivity contribution in [2.45, 2.75) is 6.92 Å². The van der Waals surface area contributed by atoms with Crippen LogP contribution in [0.3, 0.4) is 0 Å². The Bertz CT molecular complexity index is 1170. The number of nitrogens with one attached hydrogen (secondary N) is 1. The number of halogens is 2. The highest BCUT2D eigenvalue weighted by atomic mass is 79.9. The number of ether oxygens (including phenoxy) is 3. The fourth-order valence-corrected chi connectivity index (χ4v) is 3.09. The summed E-state index contributed by atoms with van der Waals surface area (Å²) in [6, 6.07) is 9.59. The fraction of sp³-hybridized carbons (Fsp3) is 0.190. The molecule has 1 aromatic heterocycles. The van der Waals surface area contributed by atoms with Crippen molar-refractivity contribution >= 4 is 44.6 Å². The second-order valence-electron chi connectivity index (χ2n) is 6.03. The van der Waals surface area contributed by atoms with E-state index in [1.165, 1.54) is 25.3 Å². The van der Waals surface area contributed by atoms with Gasteiger partial charge in [-0.1, -0.05) is 15.9 Å². The third-order valence-electron chi connectivity index (χ3n) is 4.06. The number of allylic oxidation sites excluding steroid dienone is 1. The first kappa shape index (κ1) is 21.3. The van der Waals surface area contributed by atoms with Gasteiger partial charge < -0.3 is 19.2 Å². The van der Waals surface area contributed by atoms with Gasteiger partial charge in [0, 0.05) is 4.47 Å². The number of hydrogen-bond donors (Lipinski definition) is 1. The van der Waals surface area contributed by atoms with Crippen molar-refractivity contribution in [3.63, 3.8) is 0 Å². The SMILES string of the molecule is CCOc1cc(/C=C(/C#N)c2nc3ccc(F)cc3[nH]2)c(Br)cc1OCC(=O)OC. The lowest BCUT2D eigenvalue weighted by molar-refractivity contribution is -0.142. The van der Waals surface area contributed by atoms with Gasteiger partial charge in [-0.15, -0.1) is 0 Å². The number of carbonyl (C=O) groups excluding carboxylic acids is 1. The first-order chi connectivity index (χ1) is 14.4. The van der Waals surface area contributed by atoms with Gasteiger partial charge in [0.25, 0.3) is 0 Å². The van der Waals surface area contributed by atoms with E-state index in [2.05, 4.69) is 36.7 Å². The average molecular weight is 474 g/mol. The molecule has 0 unspecified atom stereocenters. The van der Waals surface area contributed by atoms with Gasteiger partial charge in [-0.2, -0.15) is 5.26 Å². The Kier molecular flexibility index (Phi) is 6.69. The van der Waals surface area contributed by atoms with Crippen LogP contribution in [0.15, 0.2) is 34.8 Å². The summed E-state index contributed by atoms with van der Waals surface area (Å²) in [7, 11) is 1.27. The number of aromatic amines is 1. The molecule has 0 aliphatic heterocycles. The Morgan fingerprint density at radius 3 is 2.77 bits per heavy atom. The van der Waals surface area contributed by atoms with E-state index < -0.39 is 11.8 Å². The third-order valence-corrected chi connectivity index (χ3v) is 4.74. The van der Waals surface area contributed by atoms with Crippen LogP contribution in [0.25, 0.3) is 22.7 Å². The zero-order valence-corrected chi connectivity index (χ0v) is 17.7. The minimum absolute atomic E-state index is 0.248. The molecule has 154 valence electrons. The molecule has 0 saturated heterocycles. The Morgan fingerprint density at radius 2 is 2.07 bits per heavy atom. The normalized spacial score (nSPS) is 11.2. The van der Waals surface area contributed by atoms with Crippen LogP contribution in [0.5, 0.6) is 11.5 Å². The number of hydrogen-bond acceptors (Lipinski definition) is 6. The van der Waals surface area contributed by atoms with E-state index in [-0.39, 0.29) is 12.2 Å². The number of rotatable bonds is 7. The Labute approximate surface area is 180 Å². The van der Waals surface area contributed by atoms with E-state index in [0.29, 0.717) is 45.0 Å². The van der Waals surface area contributed by atoms with E-state index >= 15 is 0 Å². The summed E-state index contributed by atoms with van der Waals surface area (Å²) >= 11 is 3.45. The first-order valence-corrected chi connectivity index (χ1v) is 9.67. The summed E-state index contributed by atoms with van der Waals surface area (Å²) in [5.41, 5.74) is 1.92. The maximum absolute atomic E-state index is 13.4. The number of H-pyrrole nitrogens is 1. The number of aromatic nitrogens is 2. The summed E-state index contributed by atoms with van der Waals surface area (Å²) in [6.45, 7) is 1.92. The van der Waals surface area contributed by atoms with Gasteiger partial charge in [-0.3, -0.25) is 0 Å². The summed E-state index contributed by atoms with van der Waals surface area (Å²) in [5, 5.41) is 9.64. The summed E-state index contributed by atoms with van der Waals surface area (Å²) in [5.74, 6) is 0.148. The van der Waals surface area contributed by atoms with Gasteiger partial charge in [0.1, 0.15) is 17.7 Å². The topological polar surface area (TPSA) is 97.2 Å². The van der Waals surface area contributed by atoms with Crippen molar-refractivity contribution in [3.8, 4) is 17.6 Å². The predicted octanol–water partition coefficient (Wildman–Crippen LogP) is 4.48. The van der Waals surface area contributed by atoms with Gasteiger partial charge in [0.15, 0.2) is 18.1 Å². The van der Waals surface area contributed by atoms with Crippen molar-refractivity contribution in [1.29, 1.82) is 5.26 Å². The van der Waals surface area contributed by atoms with Crippen LogP contribution in [-0.2, 0) is 9.53 Å². The molecule has 2 aromatic carbocycles. The molecular formula is C21H17BrFN3O4. The molecule has 1 N–H and O–H groups in total. The van der Waals surface area contributed by atoms with Crippen molar-refractivity contribution in [2.24, 2.45) is 0 Å². The lowest BCUT2D eigenvalue weighted by atomic mass is 10.1. The van der Waals surface area contributed by atoms with Crippen LogP contribution >= 0.6 is 15.9 Å². The third kappa shape index (κ3) is 4.78. The monoisotopic (exact) mass is 473 g/mol. The van der Waals surface area contributed by atoms with Crippen molar-refractivity contribution < 1.29 is 23.4 Å². The second kappa shape index (κ2) is 9.41. The van der Waals surface area contributed by atoms with Crippen molar-refractivity contribution in [2.75, 3.05) is 20.3 Å². The van der Waals surface area contributed by atoms with Gasteiger partial charge in [0.2, 0.25) is 0 Å². The van der Waals surface area contributed by atoms with Gasteiger partial charge in [-0.05, 0) is 48.9 Å².